The van der Waals surface area contributed by atoms with Gasteiger partial charge in [-0.25, -0.2) is 14.0 Å². The first-order valence-electron chi connectivity index (χ1n) is 11.5. The smallest absolute Gasteiger partial charge is 0.350 e. The summed E-state index contributed by atoms with van der Waals surface area (Å²) < 4.78 is 3.06. The minimum Gasteiger partial charge on any atom is -0.354 e. The lowest BCUT2D eigenvalue weighted by molar-refractivity contribution is -0.121. The van der Waals surface area contributed by atoms with Crippen molar-refractivity contribution in [3.05, 3.63) is 82.0 Å². The topological polar surface area (TPSA) is 106 Å². The molecule has 3 aromatic rings. The van der Waals surface area contributed by atoms with E-state index < -0.39 is 0 Å². The summed E-state index contributed by atoms with van der Waals surface area (Å²) in [6.45, 7) is 0.718. The molecule has 2 aromatic carbocycles. The Bertz CT molecular complexity index is 1270. The van der Waals surface area contributed by atoms with Gasteiger partial charge >= 0.3 is 5.69 Å². The predicted octanol–water partition coefficient (Wildman–Crippen LogP) is 2.10. The predicted molar refractivity (Wildman–Crippen MR) is 124 cm³/mol. The van der Waals surface area contributed by atoms with Crippen LogP contribution in [0, 0.1) is 0 Å². The summed E-state index contributed by atoms with van der Waals surface area (Å²) >= 11 is 0. The largest absolute Gasteiger partial charge is 0.354 e. The summed E-state index contributed by atoms with van der Waals surface area (Å²) in [7, 11) is 0. The fraction of sp³-hybridized carbons (Fsp3) is 0.320. The first kappa shape index (κ1) is 21.8. The van der Waals surface area contributed by atoms with E-state index in [2.05, 4.69) is 10.4 Å². The van der Waals surface area contributed by atoms with Crippen LogP contribution in [0.15, 0.2) is 59.4 Å². The average molecular weight is 460 g/mol. The summed E-state index contributed by atoms with van der Waals surface area (Å²) in [4.78, 5) is 51.2. The van der Waals surface area contributed by atoms with Gasteiger partial charge in [0, 0.05) is 25.4 Å². The molecule has 0 radical (unpaired) electrons. The summed E-state index contributed by atoms with van der Waals surface area (Å²) in [5, 5.41) is 7.33. The van der Waals surface area contributed by atoms with Crippen LogP contribution in [0.3, 0.4) is 0 Å². The van der Waals surface area contributed by atoms with E-state index in [4.69, 9.17) is 0 Å². The zero-order valence-corrected chi connectivity index (χ0v) is 18.6. The molecule has 9 nitrogen and oxygen atoms in total. The number of nitrogens with zero attached hydrogens (tertiary/aromatic N) is 4. The van der Waals surface area contributed by atoms with E-state index in [9.17, 15) is 19.2 Å². The van der Waals surface area contributed by atoms with E-state index >= 15 is 0 Å². The second-order valence-electron chi connectivity index (χ2n) is 8.57. The van der Waals surface area contributed by atoms with Gasteiger partial charge in [-0.2, -0.15) is 5.10 Å². The van der Waals surface area contributed by atoms with Gasteiger partial charge in [0.1, 0.15) is 5.82 Å². The zero-order valence-electron chi connectivity index (χ0n) is 18.6. The van der Waals surface area contributed by atoms with E-state index in [0.29, 0.717) is 23.5 Å². The second kappa shape index (κ2) is 9.09. The van der Waals surface area contributed by atoms with E-state index in [1.165, 1.54) is 9.58 Å². The van der Waals surface area contributed by atoms with Crippen molar-refractivity contribution in [2.75, 3.05) is 13.1 Å². The molecule has 3 amide bonds. The van der Waals surface area contributed by atoms with Crippen LogP contribution in [-0.2, 0) is 11.3 Å². The molecule has 2 aliphatic rings. The van der Waals surface area contributed by atoms with Crippen LogP contribution < -0.4 is 11.0 Å². The number of carbonyl (C=O) groups excluding carboxylic acids is 3. The molecule has 2 heterocycles. The highest BCUT2D eigenvalue weighted by molar-refractivity contribution is 6.21. The van der Waals surface area contributed by atoms with Gasteiger partial charge in [0.15, 0.2) is 0 Å². The van der Waals surface area contributed by atoms with Crippen molar-refractivity contribution in [3.8, 4) is 5.69 Å². The Morgan fingerprint density at radius 2 is 1.56 bits per heavy atom. The second-order valence-corrected chi connectivity index (χ2v) is 8.57. The number of hydrogen-bond donors (Lipinski definition) is 1. The van der Waals surface area contributed by atoms with Crippen LogP contribution in [0.4, 0.5) is 0 Å². The van der Waals surface area contributed by atoms with Crippen molar-refractivity contribution in [2.24, 2.45) is 0 Å². The maximum absolute atomic E-state index is 13.0. The highest BCUT2D eigenvalue weighted by atomic mass is 16.2. The van der Waals surface area contributed by atoms with Crippen LogP contribution in [0.1, 0.15) is 58.1 Å². The Hall–Kier alpha value is -4.01. The summed E-state index contributed by atoms with van der Waals surface area (Å²) in [6, 6.07) is 16.2. The van der Waals surface area contributed by atoms with E-state index in [1.54, 1.807) is 28.8 Å². The number of fused-ring (bicyclic) bond motifs is 1. The lowest BCUT2D eigenvalue weighted by Crippen LogP contribution is -2.33. The molecule has 1 aliphatic carbocycles. The fourth-order valence-electron chi connectivity index (χ4n) is 4.23. The van der Waals surface area contributed by atoms with Gasteiger partial charge in [-0.05, 0) is 43.5 Å². The summed E-state index contributed by atoms with van der Waals surface area (Å²) in [6.07, 6.45) is 2.58. The number of nitrogens with one attached hydrogen (secondary N) is 1. The molecule has 1 N–H and O–H groups in total. The normalized spacial score (nSPS) is 15.0. The van der Waals surface area contributed by atoms with Crippen molar-refractivity contribution in [2.45, 2.75) is 38.1 Å². The van der Waals surface area contributed by atoms with E-state index in [0.717, 1.165) is 24.4 Å². The first-order valence-corrected chi connectivity index (χ1v) is 11.5. The van der Waals surface area contributed by atoms with E-state index in [-0.39, 0.29) is 49.5 Å². The molecular weight excluding hydrogens is 434 g/mol. The third-order valence-electron chi connectivity index (χ3n) is 6.13. The van der Waals surface area contributed by atoms with Crippen LogP contribution in [0.2, 0.25) is 0 Å². The highest BCUT2D eigenvalue weighted by Gasteiger charge is 2.34. The van der Waals surface area contributed by atoms with Crippen molar-refractivity contribution in [1.29, 1.82) is 0 Å². The molecule has 0 spiro atoms. The van der Waals surface area contributed by atoms with E-state index in [1.807, 2.05) is 30.3 Å². The van der Waals surface area contributed by atoms with Gasteiger partial charge in [0.05, 0.1) is 23.4 Å². The SMILES string of the molecule is O=C(CCCN1C(=O)c2ccccc2C1=O)NCCn1nc(C2CC2)n(-c2ccccc2)c1=O. The number of hydrogen-bond acceptors (Lipinski definition) is 5. The molecular formula is C25H25N5O4. The van der Waals surface area contributed by atoms with Crippen LogP contribution >= 0.6 is 0 Å². The number of rotatable bonds is 9. The minimum absolute atomic E-state index is 0.175. The molecule has 1 aromatic heterocycles. The standard InChI is InChI=1S/C25H25N5O4/c31-21(11-6-15-28-23(32)19-9-4-5-10-20(19)24(28)33)26-14-16-29-25(34)30(18-7-2-1-3-8-18)22(27-29)17-12-13-17/h1-5,7-10,17H,6,11-16H2,(H,26,31). The summed E-state index contributed by atoms with van der Waals surface area (Å²) in [5.41, 5.74) is 1.39. The molecule has 174 valence electrons. The molecule has 0 saturated heterocycles. The molecule has 1 saturated carbocycles. The van der Waals surface area contributed by atoms with Gasteiger partial charge in [0.25, 0.3) is 11.8 Å². The Morgan fingerprint density at radius 3 is 2.21 bits per heavy atom. The molecule has 0 bridgehead atoms. The maximum Gasteiger partial charge on any atom is 0.350 e. The fourth-order valence-corrected chi connectivity index (χ4v) is 4.23. The minimum atomic E-state index is -0.319. The van der Waals surface area contributed by atoms with Crippen molar-refractivity contribution < 1.29 is 14.4 Å². The van der Waals surface area contributed by atoms with Gasteiger partial charge in [-0.3, -0.25) is 19.3 Å². The van der Waals surface area contributed by atoms with Gasteiger partial charge in [0.2, 0.25) is 5.91 Å². The number of imide groups is 1. The first-order chi connectivity index (χ1) is 16.5. The van der Waals surface area contributed by atoms with Crippen molar-refractivity contribution >= 4 is 17.7 Å². The number of benzene rings is 2. The van der Waals surface area contributed by atoms with Crippen LogP contribution in [0.5, 0.6) is 0 Å². The number of amides is 3. The highest BCUT2D eigenvalue weighted by Crippen LogP contribution is 2.39. The molecule has 0 atom stereocenters. The third-order valence-corrected chi connectivity index (χ3v) is 6.13. The third kappa shape index (κ3) is 4.16. The number of aromatic nitrogens is 3. The van der Waals surface area contributed by atoms with Crippen molar-refractivity contribution in [1.82, 2.24) is 24.6 Å². The lowest BCUT2D eigenvalue weighted by atomic mass is 10.1. The molecule has 1 aliphatic heterocycles. The van der Waals surface area contributed by atoms with Crippen LogP contribution in [-0.4, -0.2) is 50.1 Å². The number of carbonyl (C=O) groups is 3. The molecule has 0 unspecified atom stereocenters. The Morgan fingerprint density at radius 1 is 0.912 bits per heavy atom. The van der Waals surface area contributed by atoms with Gasteiger partial charge < -0.3 is 5.32 Å². The van der Waals surface area contributed by atoms with Crippen molar-refractivity contribution in [3.63, 3.8) is 0 Å². The molecule has 5 rings (SSSR count). The average Bonchev–Trinajstić information content (AvgIpc) is 3.61. The Balaban J connectivity index is 1.13. The Kier molecular flexibility index (Phi) is 5.83. The van der Waals surface area contributed by atoms with Crippen LogP contribution in [0.25, 0.3) is 5.69 Å². The molecule has 9 heteroatoms. The summed E-state index contributed by atoms with van der Waals surface area (Å²) in [5.74, 6) is 0.227. The maximum atomic E-state index is 13.0. The quantitative estimate of drug-likeness (QED) is 0.493. The zero-order chi connectivity index (χ0) is 23.7. The van der Waals surface area contributed by atoms with Gasteiger partial charge in [-0.1, -0.05) is 30.3 Å². The molecule has 1 fully saturated rings. The monoisotopic (exact) mass is 459 g/mol. The Labute approximate surface area is 196 Å². The molecule has 34 heavy (non-hydrogen) atoms. The lowest BCUT2D eigenvalue weighted by Gasteiger charge is -2.13. The van der Waals surface area contributed by atoms with Gasteiger partial charge in [-0.15, -0.1) is 0 Å². The number of para-hydroxylation sites is 1.